The lowest BCUT2D eigenvalue weighted by atomic mass is 10.1. The van der Waals surface area contributed by atoms with Crippen LogP contribution < -0.4 is 4.90 Å². The minimum atomic E-state index is 0.231. The van der Waals surface area contributed by atoms with E-state index < -0.39 is 0 Å². The van der Waals surface area contributed by atoms with Gasteiger partial charge < -0.3 is 9.80 Å². The topological polar surface area (TPSA) is 41.4 Å². The molecule has 1 amide bonds. The summed E-state index contributed by atoms with van der Waals surface area (Å²) in [7, 11) is 0. The minimum absolute atomic E-state index is 0.231. The molecule has 5 nitrogen and oxygen atoms in total. The highest BCUT2D eigenvalue weighted by atomic mass is 35.5. The number of benzene rings is 1. The van der Waals surface area contributed by atoms with Gasteiger partial charge in [-0.25, -0.2) is 0 Å². The largest absolute Gasteiger partial charge is 0.367 e. The van der Waals surface area contributed by atoms with Crippen LogP contribution in [0, 0.1) is 19.8 Å². The van der Waals surface area contributed by atoms with Gasteiger partial charge in [-0.1, -0.05) is 37.6 Å². The molecule has 0 bridgehead atoms. The molecule has 2 heterocycles. The van der Waals surface area contributed by atoms with Crippen LogP contribution in [0.4, 0.5) is 5.69 Å². The summed E-state index contributed by atoms with van der Waals surface area (Å²) in [6, 6.07) is 7.90. The third-order valence-electron chi connectivity index (χ3n) is 5.48. The highest BCUT2D eigenvalue weighted by molar-refractivity contribution is 6.33. The van der Waals surface area contributed by atoms with E-state index in [0.29, 0.717) is 12.3 Å². The van der Waals surface area contributed by atoms with Gasteiger partial charge in [0.15, 0.2) is 0 Å². The molecular formula is C22H31ClN4O. The molecule has 0 spiro atoms. The van der Waals surface area contributed by atoms with Gasteiger partial charge in [0.05, 0.1) is 16.4 Å². The molecule has 0 saturated carbocycles. The number of aromatic nitrogens is 2. The number of nitrogens with zero attached hydrogens (tertiary/aromatic N) is 4. The summed E-state index contributed by atoms with van der Waals surface area (Å²) in [5.74, 6) is 0.788. The number of halogens is 1. The zero-order chi connectivity index (χ0) is 20.3. The number of rotatable bonds is 6. The molecule has 1 aliphatic heterocycles. The first-order valence-electron chi connectivity index (χ1n) is 10.2. The first-order chi connectivity index (χ1) is 13.4. The first-order valence-corrected chi connectivity index (χ1v) is 10.5. The second kappa shape index (κ2) is 8.99. The van der Waals surface area contributed by atoms with Gasteiger partial charge in [-0.15, -0.1) is 0 Å². The molecule has 3 rings (SSSR count). The summed E-state index contributed by atoms with van der Waals surface area (Å²) in [5, 5.41) is 5.44. The molecule has 0 radical (unpaired) electrons. The van der Waals surface area contributed by atoms with Crippen LogP contribution in [0.2, 0.25) is 5.02 Å². The van der Waals surface area contributed by atoms with Gasteiger partial charge in [0.2, 0.25) is 5.91 Å². The Bertz CT molecular complexity index is 822. The second-order valence-corrected chi connectivity index (χ2v) is 8.45. The summed E-state index contributed by atoms with van der Waals surface area (Å²) < 4.78 is 2.09. The Morgan fingerprint density at radius 3 is 2.46 bits per heavy atom. The number of anilines is 1. The van der Waals surface area contributed by atoms with Gasteiger partial charge >= 0.3 is 0 Å². The van der Waals surface area contributed by atoms with E-state index in [4.69, 9.17) is 11.6 Å². The van der Waals surface area contributed by atoms with Crippen LogP contribution in [0.5, 0.6) is 0 Å². The van der Waals surface area contributed by atoms with Gasteiger partial charge in [-0.05, 0) is 43.9 Å². The van der Waals surface area contributed by atoms with Crippen molar-refractivity contribution in [2.75, 3.05) is 31.1 Å². The molecule has 2 aromatic rings. The van der Waals surface area contributed by atoms with Gasteiger partial charge in [0, 0.05) is 44.8 Å². The normalized spacial score (nSPS) is 14.8. The number of para-hydroxylation sites is 1. The van der Waals surface area contributed by atoms with Crippen LogP contribution in [-0.2, 0) is 17.8 Å². The van der Waals surface area contributed by atoms with Crippen LogP contribution in [-0.4, -0.2) is 46.8 Å². The molecule has 1 aliphatic rings. The fourth-order valence-electron chi connectivity index (χ4n) is 3.91. The van der Waals surface area contributed by atoms with E-state index in [9.17, 15) is 4.79 Å². The van der Waals surface area contributed by atoms with Crippen LogP contribution in [0.1, 0.15) is 37.2 Å². The Morgan fingerprint density at radius 2 is 1.82 bits per heavy atom. The molecule has 1 fully saturated rings. The molecule has 152 valence electrons. The monoisotopic (exact) mass is 402 g/mol. The quantitative estimate of drug-likeness (QED) is 0.730. The number of hydrogen-bond acceptors (Lipinski definition) is 3. The number of aryl methyl sites for hydroxylation is 1. The highest BCUT2D eigenvalue weighted by Crippen LogP contribution is 2.26. The molecule has 6 heteroatoms. The standard InChI is InChI=1S/C22H31ClN4O/c1-16(2)15-27-18(4)19(17(3)24-27)9-10-22(28)26-13-11-25(12-14-26)21-8-6-5-7-20(21)23/h5-8,16H,9-15H2,1-4H3. The van der Waals surface area contributed by atoms with E-state index in [1.807, 2.05) is 36.1 Å². The lowest BCUT2D eigenvalue weighted by Gasteiger charge is -2.36. The van der Waals surface area contributed by atoms with Crippen LogP contribution in [0.25, 0.3) is 0 Å². The van der Waals surface area contributed by atoms with Gasteiger partial charge in [-0.3, -0.25) is 9.48 Å². The van der Waals surface area contributed by atoms with E-state index >= 15 is 0 Å². The average molecular weight is 403 g/mol. The molecule has 1 aromatic heterocycles. The number of hydrogen-bond donors (Lipinski definition) is 0. The summed E-state index contributed by atoms with van der Waals surface area (Å²) in [4.78, 5) is 17.0. The zero-order valence-corrected chi connectivity index (χ0v) is 18.2. The van der Waals surface area contributed by atoms with Gasteiger partial charge in [-0.2, -0.15) is 5.10 Å². The maximum absolute atomic E-state index is 12.7. The molecule has 1 saturated heterocycles. The molecular weight excluding hydrogens is 372 g/mol. The molecule has 1 aromatic carbocycles. The van der Waals surface area contributed by atoms with Crippen LogP contribution in [0.15, 0.2) is 24.3 Å². The fraction of sp³-hybridized carbons (Fsp3) is 0.545. The van der Waals surface area contributed by atoms with Crippen molar-refractivity contribution in [1.29, 1.82) is 0 Å². The van der Waals surface area contributed by atoms with E-state index in [2.05, 4.69) is 35.5 Å². The van der Waals surface area contributed by atoms with Crippen molar-refractivity contribution in [3.05, 3.63) is 46.2 Å². The highest BCUT2D eigenvalue weighted by Gasteiger charge is 2.23. The van der Waals surface area contributed by atoms with E-state index in [1.54, 1.807) is 0 Å². The van der Waals surface area contributed by atoms with Crippen LogP contribution >= 0.6 is 11.6 Å². The van der Waals surface area contributed by atoms with E-state index in [0.717, 1.165) is 55.5 Å². The lowest BCUT2D eigenvalue weighted by Crippen LogP contribution is -2.49. The Morgan fingerprint density at radius 1 is 1.14 bits per heavy atom. The summed E-state index contributed by atoms with van der Waals surface area (Å²) in [6.45, 7) is 12.6. The smallest absolute Gasteiger partial charge is 0.223 e. The van der Waals surface area contributed by atoms with E-state index in [-0.39, 0.29) is 5.91 Å². The minimum Gasteiger partial charge on any atom is -0.367 e. The fourth-order valence-corrected chi connectivity index (χ4v) is 4.17. The number of carbonyl (C=O) groups excluding carboxylic acids is 1. The summed E-state index contributed by atoms with van der Waals surface area (Å²) in [5.41, 5.74) is 4.53. The van der Waals surface area contributed by atoms with Crippen molar-refractivity contribution in [1.82, 2.24) is 14.7 Å². The number of piperazine rings is 1. The van der Waals surface area contributed by atoms with Gasteiger partial charge in [0.1, 0.15) is 0 Å². The van der Waals surface area contributed by atoms with Crippen molar-refractivity contribution in [3.8, 4) is 0 Å². The average Bonchev–Trinajstić information content (AvgIpc) is 2.93. The van der Waals surface area contributed by atoms with Crippen LogP contribution in [0.3, 0.4) is 0 Å². The van der Waals surface area contributed by atoms with Crippen molar-refractivity contribution in [2.24, 2.45) is 5.92 Å². The predicted octanol–water partition coefficient (Wildman–Crippen LogP) is 4.09. The number of carbonyl (C=O) groups is 1. The first kappa shape index (κ1) is 20.7. The Labute approximate surface area is 173 Å². The Balaban J connectivity index is 1.54. The molecule has 0 atom stereocenters. The number of amides is 1. The van der Waals surface area contributed by atoms with Crippen molar-refractivity contribution in [3.63, 3.8) is 0 Å². The third-order valence-corrected chi connectivity index (χ3v) is 5.80. The third kappa shape index (κ3) is 4.69. The SMILES string of the molecule is Cc1nn(CC(C)C)c(C)c1CCC(=O)N1CCN(c2ccccc2Cl)CC1. The Kier molecular flexibility index (Phi) is 6.65. The summed E-state index contributed by atoms with van der Waals surface area (Å²) >= 11 is 6.31. The van der Waals surface area contributed by atoms with Gasteiger partial charge in [0.25, 0.3) is 0 Å². The second-order valence-electron chi connectivity index (χ2n) is 8.04. The maximum atomic E-state index is 12.7. The Hall–Kier alpha value is -2.01. The summed E-state index contributed by atoms with van der Waals surface area (Å²) in [6.07, 6.45) is 1.31. The molecule has 0 N–H and O–H groups in total. The van der Waals surface area contributed by atoms with Crippen molar-refractivity contribution < 1.29 is 4.79 Å². The van der Waals surface area contributed by atoms with Crippen molar-refractivity contribution >= 4 is 23.2 Å². The molecule has 0 aliphatic carbocycles. The molecule has 28 heavy (non-hydrogen) atoms. The lowest BCUT2D eigenvalue weighted by molar-refractivity contribution is -0.131. The maximum Gasteiger partial charge on any atom is 0.223 e. The van der Waals surface area contributed by atoms with Crippen molar-refractivity contribution in [2.45, 2.75) is 47.1 Å². The molecule has 0 unspecified atom stereocenters. The zero-order valence-electron chi connectivity index (χ0n) is 17.4. The predicted molar refractivity (Wildman–Crippen MR) is 115 cm³/mol. The van der Waals surface area contributed by atoms with E-state index in [1.165, 1.54) is 11.3 Å².